The van der Waals surface area contributed by atoms with Crippen LogP contribution in [0.15, 0.2) is 47.6 Å². The Labute approximate surface area is 213 Å². The number of piperidine rings is 2. The van der Waals surface area contributed by atoms with Crippen LogP contribution in [0.5, 0.6) is 0 Å². The smallest absolute Gasteiger partial charge is 0.297 e. The Kier molecular flexibility index (Phi) is 6.69. The fourth-order valence-electron chi connectivity index (χ4n) is 4.66. The van der Waals surface area contributed by atoms with Crippen molar-refractivity contribution >= 4 is 44.6 Å². The second kappa shape index (κ2) is 9.94. The van der Waals surface area contributed by atoms with Crippen LogP contribution in [-0.4, -0.2) is 61.3 Å². The highest BCUT2D eigenvalue weighted by Crippen LogP contribution is 2.31. The predicted molar refractivity (Wildman–Crippen MR) is 134 cm³/mol. The van der Waals surface area contributed by atoms with Gasteiger partial charge in [0.1, 0.15) is 11.6 Å². The summed E-state index contributed by atoms with van der Waals surface area (Å²) in [4.78, 5) is 46.0. The van der Waals surface area contributed by atoms with Gasteiger partial charge in [-0.05, 0) is 50.5 Å². The summed E-state index contributed by atoms with van der Waals surface area (Å²) in [5.74, 6) is -1.31. The maximum Gasteiger partial charge on any atom is 0.297 e. The zero-order chi connectivity index (χ0) is 26.2. The third-order valence-corrected chi connectivity index (χ3v) is 8.08. The standard InChI is InChI=1S/C25H27N5O6S/c1-15-2-4-17(5-3-15)37(34,35)36-16-10-12-30(13-11-16)20-8-6-18(22-23(20)27-14-26-22)24(32)28-19-7-9-21(31)29-25(19)33/h2-6,8,14,16,19H,7,9-13H2,1H3,(H,26,27)(H,28,32)(H,29,31,33). The fourth-order valence-corrected chi connectivity index (χ4v) is 5.79. The van der Waals surface area contributed by atoms with E-state index in [2.05, 4.69) is 25.5 Å². The highest BCUT2D eigenvalue weighted by molar-refractivity contribution is 7.86. The van der Waals surface area contributed by atoms with Crippen molar-refractivity contribution in [3.63, 3.8) is 0 Å². The molecule has 3 amide bonds. The Bertz CT molecular complexity index is 1460. The van der Waals surface area contributed by atoms with Gasteiger partial charge in [0, 0.05) is 19.5 Å². The van der Waals surface area contributed by atoms with Gasteiger partial charge in [0.25, 0.3) is 16.0 Å². The van der Waals surface area contributed by atoms with Gasteiger partial charge in [-0.3, -0.25) is 23.9 Å². The Hall–Kier alpha value is -3.77. The molecule has 3 N–H and O–H groups in total. The first-order valence-electron chi connectivity index (χ1n) is 12.1. The Balaban J connectivity index is 1.26. The molecule has 3 aromatic rings. The van der Waals surface area contributed by atoms with Crippen molar-refractivity contribution in [2.45, 2.75) is 49.6 Å². The maximum absolute atomic E-state index is 12.9. The molecule has 194 valence electrons. The van der Waals surface area contributed by atoms with Gasteiger partial charge in [-0.15, -0.1) is 0 Å². The zero-order valence-electron chi connectivity index (χ0n) is 20.2. The molecule has 11 nitrogen and oxygen atoms in total. The first-order chi connectivity index (χ1) is 17.7. The van der Waals surface area contributed by atoms with Crippen molar-refractivity contribution in [1.29, 1.82) is 0 Å². The fraction of sp³-hybridized carbons (Fsp3) is 0.360. The number of nitrogens with one attached hydrogen (secondary N) is 3. The molecule has 0 aliphatic carbocycles. The van der Waals surface area contributed by atoms with E-state index in [0.29, 0.717) is 42.5 Å². The average Bonchev–Trinajstić information content (AvgIpc) is 3.36. The number of aryl methyl sites for hydroxylation is 1. The third-order valence-electron chi connectivity index (χ3n) is 6.70. The SMILES string of the molecule is Cc1ccc(S(=O)(=O)OC2CCN(c3ccc(C(=O)NC4CCC(=O)NC4=O)c4[nH]cnc34)CC2)cc1. The molecule has 2 aliphatic rings. The number of fused-ring (bicyclic) bond motifs is 1. The van der Waals surface area contributed by atoms with Crippen molar-refractivity contribution in [3.05, 3.63) is 53.9 Å². The number of hydrogen-bond donors (Lipinski definition) is 3. The number of anilines is 1. The van der Waals surface area contributed by atoms with Crippen LogP contribution < -0.4 is 15.5 Å². The molecular weight excluding hydrogens is 498 g/mol. The number of nitrogens with zero attached hydrogens (tertiary/aromatic N) is 2. The molecule has 2 saturated heterocycles. The van der Waals surface area contributed by atoms with E-state index in [1.807, 2.05) is 6.92 Å². The highest BCUT2D eigenvalue weighted by Gasteiger charge is 2.30. The minimum Gasteiger partial charge on any atom is -0.370 e. The number of imide groups is 1. The molecule has 2 fully saturated rings. The summed E-state index contributed by atoms with van der Waals surface area (Å²) in [6.07, 6.45) is 2.50. The zero-order valence-corrected chi connectivity index (χ0v) is 21.0. The van der Waals surface area contributed by atoms with Crippen molar-refractivity contribution in [2.75, 3.05) is 18.0 Å². The predicted octanol–water partition coefficient (Wildman–Crippen LogP) is 1.78. The lowest BCUT2D eigenvalue weighted by molar-refractivity contribution is -0.134. The summed E-state index contributed by atoms with van der Waals surface area (Å²) in [5.41, 5.74) is 3.25. The molecule has 37 heavy (non-hydrogen) atoms. The van der Waals surface area contributed by atoms with Crippen LogP contribution in [-0.2, 0) is 23.9 Å². The normalized spacial score (nSPS) is 19.2. The first kappa shape index (κ1) is 24.9. The molecule has 1 atom stereocenters. The topological polar surface area (TPSA) is 151 Å². The van der Waals surface area contributed by atoms with Crippen LogP contribution in [0.2, 0.25) is 0 Å². The molecule has 5 rings (SSSR count). The van der Waals surface area contributed by atoms with Gasteiger partial charge in [0.15, 0.2) is 0 Å². The number of H-pyrrole nitrogens is 1. The number of aromatic nitrogens is 2. The molecular formula is C25H27N5O6S. The first-order valence-corrected chi connectivity index (χ1v) is 13.5. The van der Waals surface area contributed by atoms with Gasteiger partial charge in [-0.1, -0.05) is 17.7 Å². The lowest BCUT2D eigenvalue weighted by Crippen LogP contribution is -2.52. The minimum absolute atomic E-state index is 0.143. The summed E-state index contributed by atoms with van der Waals surface area (Å²) in [7, 11) is -3.85. The van der Waals surface area contributed by atoms with E-state index in [1.54, 1.807) is 36.4 Å². The van der Waals surface area contributed by atoms with Crippen LogP contribution in [0, 0.1) is 6.92 Å². The lowest BCUT2D eigenvalue weighted by atomic mass is 10.0. The van der Waals surface area contributed by atoms with E-state index in [9.17, 15) is 22.8 Å². The van der Waals surface area contributed by atoms with Crippen molar-refractivity contribution in [1.82, 2.24) is 20.6 Å². The quantitative estimate of drug-likeness (QED) is 0.326. The van der Waals surface area contributed by atoms with Crippen molar-refractivity contribution in [2.24, 2.45) is 0 Å². The van der Waals surface area contributed by atoms with Crippen LogP contribution >= 0.6 is 0 Å². The second-order valence-corrected chi connectivity index (χ2v) is 10.9. The van der Waals surface area contributed by atoms with Crippen LogP contribution in [0.25, 0.3) is 11.0 Å². The number of carbonyl (C=O) groups excluding carboxylic acids is 3. The maximum atomic E-state index is 12.9. The molecule has 2 aromatic carbocycles. The van der Waals surface area contributed by atoms with Gasteiger partial charge in [0.05, 0.1) is 34.1 Å². The molecule has 1 unspecified atom stereocenters. The summed E-state index contributed by atoms with van der Waals surface area (Å²) in [5, 5.41) is 4.92. The second-order valence-electron chi connectivity index (χ2n) is 9.29. The van der Waals surface area contributed by atoms with Gasteiger partial charge >= 0.3 is 0 Å². The molecule has 2 aliphatic heterocycles. The van der Waals surface area contributed by atoms with Gasteiger partial charge in [-0.25, -0.2) is 4.98 Å². The van der Waals surface area contributed by atoms with E-state index in [-0.39, 0.29) is 23.6 Å². The average molecular weight is 526 g/mol. The number of benzene rings is 2. The highest BCUT2D eigenvalue weighted by atomic mass is 32.2. The summed E-state index contributed by atoms with van der Waals surface area (Å²) in [6.45, 7) is 3.00. The number of aromatic amines is 1. The number of amides is 3. The minimum atomic E-state index is -3.85. The summed E-state index contributed by atoms with van der Waals surface area (Å²) in [6, 6.07) is 9.26. The van der Waals surface area contributed by atoms with E-state index in [0.717, 1.165) is 11.3 Å². The number of hydrogen-bond acceptors (Lipinski definition) is 8. The largest absolute Gasteiger partial charge is 0.370 e. The van der Waals surface area contributed by atoms with Crippen molar-refractivity contribution < 1.29 is 27.0 Å². The van der Waals surface area contributed by atoms with Crippen LogP contribution in [0.1, 0.15) is 41.6 Å². The van der Waals surface area contributed by atoms with E-state index >= 15 is 0 Å². The Morgan fingerprint density at radius 3 is 2.51 bits per heavy atom. The van der Waals surface area contributed by atoms with E-state index in [4.69, 9.17) is 4.18 Å². The van der Waals surface area contributed by atoms with Gasteiger partial charge in [0.2, 0.25) is 11.8 Å². The van der Waals surface area contributed by atoms with Gasteiger partial charge < -0.3 is 15.2 Å². The molecule has 12 heteroatoms. The third kappa shape index (κ3) is 5.20. The number of imidazole rings is 1. The Morgan fingerprint density at radius 2 is 1.81 bits per heavy atom. The summed E-state index contributed by atoms with van der Waals surface area (Å²) >= 11 is 0. The monoisotopic (exact) mass is 525 g/mol. The molecule has 1 aromatic heterocycles. The van der Waals surface area contributed by atoms with Gasteiger partial charge in [-0.2, -0.15) is 8.42 Å². The molecule has 0 saturated carbocycles. The van der Waals surface area contributed by atoms with Crippen molar-refractivity contribution in [3.8, 4) is 0 Å². The summed E-state index contributed by atoms with van der Waals surface area (Å²) < 4.78 is 30.8. The van der Waals surface area contributed by atoms with Crippen LogP contribution in [0.3, 0.4) is 0 Å². The van der Waals surface area contributed by atoms with Crippen LogP contribution in [0.4, 0.5) is 5.69 Å². The molecule has 0 radical (unpaired) electrons. The molecule has 0 bridgehead atoms. The van der Waals surface area contributed by atoms with E-state index < -0.39 is 34.1 Å². The lowest BCUT2D eigenvalue weighted by Gasteiger charge is -2.33. The Morgan fingerprint density at radius 1 is 1.08 bits per heavy atom. The number of carbonyl (C=O) groups is 3. The number of rotatable bonds is 6. The van der Waals surface area contributed by atoms with E-state index in [1.165, 1.54) is 6.33 Å². The molecule has 0 spiro atoms. The molecule has 3 heterocycles.